The molecule has 1 aliphatic rings. The van der Waals surface area contributed by atoms with E-state index in [1.165, 1.54) is 6.07 Å². The molecule has 0 radical (unpaired) electrons. The lowest BCUT2D eigenvalue weighted by molar-refractivity contribution is -0.136. The number of morpholine rings is 1. The average Bonchev–Trinajstić information content (AvgIpc) is 2.90. The Kier molecular flexibility index (Phi) is 3.57. The van der Waals surface area contributed by atoms with E-state index in [0.717, 1.165) is 16.6 Å². The minimum absolute atomic E-state index is 0.0408. The minimum atomic E-state index is -0.269. The van der Waals surface area contributed by atoms with Gasteiger partial charge >= 0.3 is 0 Å². The van der Waals surface area contributed by atoms with Crippen LogP contribution in [0, 0.1) is 6.92 Å². The molecule has 1 aliphatic heterocycles. The Morgan fingerprint density at radius 2 is 2.00 bits per heavy atom. The summed E-state index contributed by atoms with van der Waals surface area (Å²) in [5.74, 6) is 0.0408. The highest BCUT2D eigenvalue weighted by molar-refractivity contribution is 5.93. The Bertz CT molecular complexity index is 983. The fourth-order valence-corrected chi connectivity index (χ4v) is 3.26. The number of aryl methyl sites for hydroxylation is 1. The van der Waals surface area contributed by atoms with Gasteiger partial charge in [-0.25, -0.2) is 4.52 Å². The quantitative estimate of drug-likeness (QED) is 0.699. The number of aromatic nitrogens is 3. The summed E-state index contributed by atoms with van der Waals surface area (Å²) in [6.07, 6.45) is 0. The number of hydrogen-bond donors (Lipinski definition) is 0. The lowest BCUT2D eigenvalue weighted by Gasteiger charge is -2.27. The zero-order valence-electron chi connectivity index (χ0n) is 13.4. The number of para-hydroxylation sites is 1. The van der Waals surface area contributed by atoms with Crippen molar-refractivity contribution in [1.29, 1.82) is 0 Å². The number of hydrogen-bond acceptors (Lipinski definition) is 4. The molecule has 0 saturated carbocycles. The number of amides is 1. The van der Waals surface area contributed by atoms with Gasteiger partial charge in [0.2, 0.25) is 5.91 Å². The van der Waals surface area contributed by atoms with E-state index < -0.39 is 0 Å². The smallest absolute Gasteiger partial charge is 0.273 e. The third-order valence-electron chi connectivity index (χ3n) is 4.40. The highest BCUT2D eigenvalue weighted by Gasteiger charge is 2.20. The Balaban J connectivity index is 1.86. The Labute approximate surface area is 138 Å². The van der Waals surface area contributed by atoms with Crippen molar-refractivity contribution in [3.8, 4) is 0 Å². The summed E-state index contributed by atoms with van der Waals surface area (Å²) in [6, 6.07) is 9.18. The predicted molar refractivity (Wildman–Crippen MR) is 89.1 cm³/mol. The van der Waals surface area contributed by atoms with Gasteiger partial charge in [-0.2, -0.15) is 4.98 Å². The van der Waals surface area contributed by atoms with E-state index in [9.17, 15) is 9.59 Å². The Hall–Kier alpha value is -2.67. The first-order valence-corrected chi connectivity index (χ1v) is 7.98. The first-order chi connectivity index (χ1) is 11.6. The van der Waals surface area contributed by atoms with Crippen molar-refractivity contribution >= 4 is 22.5 Å². The van der Waals surface area contributed by atoms with Crippen molar-refractivity contribution in [3.63, 3.8) is 0 Å². The molecule has 0 aliphatic carbocycles. The number of nitrogens with zero attached hydrogens (tertiary/aromatic N) is 4. The fraction of sp³-hybridized carbons (Fsp3) is 0.353. The van der Waals surface area contributed by atoms with E-state index in [2.05, 4.69) is 4.98 Å². The molecule has 0 spiro atoms. The highest BCUT2D eigenvalue weighted by atomic mass is 16.5. The number of carbonyl (C=O) groups excluding carboxylic acids is 1. The van der Waals surface area contributed by atoms with Crippen molar-refractivity contribution < 1.29 is 9.53 Å². The average molecular weight is 326 g/mol. The molecule has 0 N–H and O–H groups in total. The maximum atomic E-state index is 12.7. The van der Waals surface area contributed by atoms with Gasteiger partial charge in [-0.15, -0.1) is 0 Å². The normalized spacial score (nSPS) is 15.3. The predicted octanol–water partition coefficient (Wildman–Crippen LogP) is 0.816. The van der Waals surface area contributed by atoms with E-state index in [0.29, 0.717) is 32.0 Å². The van der Waals surface area contributed by atoms with Gasteiger partial charge in [0.1, 0.15) is 6.54 Å². The number of ether oxygens (including phenoxy) is 1. The Morgan fingerprint density at radius 1 is 1.25 bits per heavy atom. The van der Waals surface area contributed by atoms with Crippen molar-refractivity contribution in [3.05, 3.63) is 46.4 Å². The summed E-state index contributed by atoms with van der Waals surface area (Å²) >= 11 is 0. The van der Waals surface area contributed by atoms with E-state index in [1.807, 2.05) is 45.3 Å². The van der Waals surface area contributed by atoms with Crippen LogP contribution in [0.1, 0.15) is 5.69 Å². The molecular weight excluding hydrogens is 308 g/mol. The van der Waals surface area contributed by atoms with Crippen LogP contribution in [0.4, 0.5) is 0 Å². The monoisotopic (exact) mass is 326 g/mol. The summed E-state index contributed by atoms with van der Waals surface area (Å²) in [7, 11) is 0. The molecule has 1 aromatic carbocycles. The molecule has 3 aromatic rings. The second-order valence-electron chi connectivity index (χ2n) is 5.94. The molecule has 3 heterocycles. The molecule has 0 atom stereocenters. The van der Waals surface area contributed by atoms with Gasteiger partial charge in [-0.1, -0.05) is 12.1 Å². The molecule has 1 saturated heterocycles. The topological polar surface area (TPSA) is 68.8 Å². The molecule has 24 heavy (non-hydrogen) atoms. The number of fused-ring (bicyclic) bond motifs is 3. The molecule has 7 heteroatoms. The number of benzene rings is 1. The standard InChI is InChI=1S/C17H18N4O3/c1-12-10-15(22)18-17-13-4-2-3-5-14(13)20(21(12)17)11-16(23)19-6-8-24-9-7-19/h2-5,10H,6-9,11H2,1H3. The van der Waals surface area contributed by atoms with E-state index in [-0.39, 0.29) is 18.0 Å². The van der Waals surface area contributed by atoms with Crippen LogP contribution in [0.3, 0.4) is 0 Å². The first-order valence-electron chi connectivity index (χ1n) is 7.98. The van der Waals surface area contributed by atoms with Crippen LogP contribution < -0.4 is 5.56 Å². The summed E-state index contributed by atoms with van der Waals surface area (Å²) in [4.78, 5) is 30.5. The van der Waals surface area contributed by atoms with Gasteiger partial charge in [-0.3, -0.25) is 14.3 Å². The maximum absolute atomic E-state index is 12.7. The molecule has 7 nitrogen and oxygen atoms in total. The molecule has 4 rings (SSSR count). The zero-order valence-corrected chi connectivity index (χ0v) is 13.4. The van der Waals surface area contributed by atoms with Crippen LogP contribution in [0.2, 0.25) is 0 Å². The lowest BCUT2D eigenvalue weighted by Crippen LogP contribution is -2.42. The van der Waals surface area contributed by atoms with Crippen LogP contribution in [0.5, 0.6) is 0 Å². The minimum Gasteiger partial charge on any atom is -0.378 e. The third-order valence-corrected chi connectivity index (χ3v) is 4.40. The number of rotatable bonds is 2. The van der Waals surface area contributed by atoms with E-state index >= 15 is 0 Å². The van der Waals surface area contributed by atoms with Crippen LogP contribution in [0.15, 0.2) is 35.1 Å². The molecule has 0 bridgehead atoms. The van der Waals surface area contributed by atoms with Crippen LogP contribution in [-0.2, 0) is 16.1 Å². The van der Waals surface area contributed by atoms with E-state index in [4.69, 9.17) is 4.74 Å². The van der Waals surface area contributed by atoms with Crippen molar-refractivity contribution in [2.45, 2.75) is 13.5 Å². The van der Waals surface area contributed by atoms with E-state index in [1.54, 1.807) is 0 Å². The SMILES string of the molecule is Cc1cc(=O)nc2c3ccccc3n(CC(=O)N3CCOCC3)n12. The molecule has 124 valence electrons. The fourth-order valence-electron chi connectivity index (χ4n) is 3.26. The zero-order chi connectivity index (χ0) is 16.7. The second kappa shape index (κ2) is 5.76. The molecular formula is C17H18N4O3. The van der Waals surface area contributed by atoms with Crippen LogP contribution >= 0.6 is 0 Å². The third kappa shape index (κ3) is 2.37. The molecule has 2 aromatic heterocycles. The van der Waals surface area contributed by atoms with Gasteiger partial charge in [0, 0.05) is 30.2 Å². The van der Waals surface area contributed by atoms with Crippen molar-refractivity contribution in [2.24, 2.45) is 0 Å². The lowest BCUT2D eigenvalue weighted by atomic mass is 10.2. The highest BCUT2D eigenvalue weighted by Crippen LogP contribution is 2.21. The van der Waals surface area contributed by atoms with Crippen molar-refractivity contribution in [1.82, 2.24) is 19.1 Å². The van der Waals surface area contributed by atoms with Crippen LogP contribution in [0.25, 0.3) is 16.6 Å². The van der Waals surface area contributed by atoms with Crippen molar-refractivity contribution in [2.75, 3.05) is 26.3 Å². The van der Waals surface area contributed by atoms with Gasteiger partial charge in [-0.05, 0) is 19.1 Å². The molecule has 1 fully saturated rings. The first kappa shape index (κ1) is 14.9. The number of carbonyl (C=O) groups is 1. The van der Waals surface area contributed by atoms with Crippen LogP contribution in [-0.4, -0.2) is 51.3 Å². The molecule has 1 amide bonds. The summed E-state index contributed by atoms with van der Waals surface area (Å²) in [6.45, 7) is 4.43. The largest absolute Gasteiger partial charge is 0.378 e. The molecule has 0 unspecified atom stereocenters. The summed E-state index contributed by atoms with van der Waals surface area (Å²) in [5.41, 5.74) is 1.97. The summed E-state index contributed by atoms with van der Waals surface area (Å²) in [5, 5.41) is 0.869. The van der Waals surface area contributed by atoms with Gasteiger partial charge in [0.15, 0.2) is 5.65 Å². The summed E-state index contributed by atoms with van der Waals surface area (Å²) < 4.78 is 9.05. The van der Waals surface area contributed by atoms with Gasteiger partial charge < -0.3 is 9.64 Å². The maximum Gasteiger partial charge on any atom is 0.273 e. The van der Waals surface area contributed by atoms with Gasteiger partial charge in [0.05, 0.1) is 18.7 Å². The van der Waals surface area contributed by atoms with Gasteiger partial charge in [0.25, 0.3) is 5.56 Å². The Morgan fingerprint density at radius 3 is 2.79 bits per heavy atom. The second-order valence-corrected chi connectivity index (χ2v) is 5.94.